The third kappa shape index (κ3) is 8.58. The summed E-state index contributed by atoms with van der Waals surface area (Å²) < 4.78 is 16.7. The molecule has 0 amide bonds. The summed E-state index contributed by atoms with van der Waals surface area (Å²) >= 11 is 6.22. The molecule has 10 heteroatoms. The van der Waals surface area contributed by atoms with Gasteiger partial charge in [0.25, 0.3) is 0 Å². The van der Waals surface area contributed by atoms with Crippen molar-refractivity contribution in [3.05, 3.63) is 34.4 Å². The summed E-state index contributed by atoms with van der Waals surface area (Å²) in [4.78, 5) is 35.1. The molecule has 0 aromatic carbocycles. The largest absolute Gasteiger partial charge is 0.481 e. The van der Waals surface area contributed by atoms with Gasteiger partial charge in [-0.25, -0.2) is 0 Å². The zero-order valence-corrected chi connectivity index (χ0v) is 19.7. The molecule has 184 valence electrons. The number of halogens is 1. The first-order valence-corrected chi connectivity index (χ1v) is 11.1. The molecule has 0 aliphatic carbocycles. The predicted molar refractivity (Wildman–Crippen MR) is 118 cm³/mol. The number of rotatable bonds is 5. The quantitative estimate of drug-likeness (QED) is 0.394. The number of fused-ring (bicyclic) bond motifs is 2. The highest BCUT2D eigenvalue weighted by Gasteiger charge is 2.42. The van der Waals surface area contributed by atoms with Crippen molar-refractivity contribution in [1.82, 2.24) is 0 Å². The second-order valence-electron chi connectivity index (χ2n) is 8.39. The fraction of sp³-hybridized carbons (Fsp3) is 0.609. The maximum absolute atomic E-state index is 12.7. The maximum atomic E-state index is 12.7. The molecule has 0 spiro atoms. The van der Waals surface area contributed by atoms with E-state index in [0.717, 1.165) is 0 Å². The van der Waals surface area contributed by atoms with Gasteiger partial charge in [-0.05, 0) is 25.8 Å². The smallest absolute Gasteiger partial charge is 0.310 e. The number of ether oxygens (including phenoxy) is 3. The van der Waals surface area contributed by atoms with E-state index in [-0.39, 0.29) is 30.7 Å². The summed E-state index contributed by atoms with van der Waals surface area (Å²) in [5.41, 5.74) is 1.04. The number of carbonyl (C=O) groups excluding carboxylic acids is 2. The Hall–Kier alpha value is -2.20. The lowest BCUT2D eigenvalue weighted by molar-refractivity contribution is -0.159. The lowest BCUT2D eigenvalue weighted by Crippen LogP contribution is -2.37. The van der Waals surface area contributed by atoms with E-state index in [1.807, 2.05) is 0 Å². The first-order chi connectivity index (χ1) is 15.5. The van der Waals surface area contributed by atoms with E-state index in [1.165, 1.54) is 13.0 Å². The van der Waals surface area contributed by atoms with Crippen molar-refractivity contribution in [2.24, 2.45) is 0 Å². The van der Waals surface area contributed by atoms with Crippen LogP contribution in [0.5, 0.6) is 0 Å². The highest BCUT2D eigenvalue weighted by atomic mass is 35.5. The van der Waals surface area contributed by atoms with Crippen molar-refractivity contribution < 1.29 is 43.9 Å². The minimum absolute atomic E-state index is 0.128. The summed E-state index contributed by atoms with van der Waals surface area (Å²) in [6, 6.07) is 0. The van der Waals surface area contributed by atoms with Crippen molar-refractivity contribution >= 4 is 29.5 Å². The van der Waals surface area contributed by atoms with Gasteiger partial charge in [0.15, 0.2) is 0 Å². The average molecular weight is 487 g/mol. The Morgan fingerprint density at radius 2 is 2.00 bits per heavy atom. The van der Waals surface area contributed by atoms with Crippen molar-refractivity contribution in [1.29, 1.82) is 0 Å². The van der Waals surface area contributed by atoms with Gasteiger partial charge in [0.05, 0.1) is 25.0 Å². The first-order valence-electron chi connectivity index (χ1n) is 10.8. The highest BCUT2D eigenvalue weighted by Crippen LogP contribution is 2.32. The van der Waals surface area contributed by atoms with Gasteiger partial charge < -0.3 is 29.5 Å². The van der Waals surface area contributed by atoms with E-state index in [2.05, 4.69) is 0 Å². The summed E-state index contributed by atoms with van der Waals surface area (Å²) in [7, 11) is 0. The lowest BCUT2D eigenvalue weighted by Gasteiger charge is -2.24. The SMILES string of the molecule is CC(=O)OC1CC(=O)OC2CC(CC(O)C(Cl)=CCC=C1C)OC2C(O)C=C(C)CC(=O)O. The number of hydrogen-bond donors (Lipinski definition) is 3. The van der Waals surface area contributed by atoms with E-state index in [9.17, 15) is 24.6 Å². The maximum Gasteiger partial charge on any atom is 0.310 e. The molecule has 2 bridgehead atoms. The molecule has 6 atom stereocenters. The third-order valence-corrected chi connectivity index (χ3v) is 5.85. The van der Waals surface area contributed by atoms with Crippen LogP contribution in [0.2, 0.25) is 0 Å². The molecule has 2 aliphatic rings. The molecule has 2 heterocycles. The van der Waals surface area contributed by atoms with Gasteiger partial charge in [-0.3, -0.25) is 14.4 Å². The van der Waals surface area contributed by atoms with Crippen molar-refractivity contribution in [2.45, 2.75) is 89.5 Å². The highest BCUT2D eigenvalue weighted by molar-refractivity contribution is 6.30. The van der Waals surface area contributed by atoms with Crippen LogP contribution in [0.15, 0.2) is 34.4 Å². The van der Waals surface area contributed by atoms with Gasteiger partial charge in [0.2, 0.25) is 0 Å². The number of carboxylic acids is 1. The van der Waals surface area contributed by atoms with Crippen LogP contribution in [0.1, 0.15) is 52.9 Å². The topological polar surface area (TPSA) is 140 Å². The van der Waals surface area contributed by atoms with Crippen LogP contribution in [0.25, 0.3) is 0 Å². The summed E-state index contributed by atoms with van der Waals surface area (Å²) in [6.45, 7) is 4.51. The molecule has 0 radical (unpaired) electrons. The van der Waals surface area contributed by atoms with Gasteiger partial charge in [0, 0.05) is 24.8 Å². The Balaban J connectivity index is 2.31. The minimum atomic E-state index is -1.24. The monoisotopic (exact) mass is 486 g/mol. The molecule has 0 saturated carbocycles. The molecule has 9 nitrogen and oxygen atoms in total. The summed E-state index contributed by atoms with van der Waals surface area (Å²) in [5.74, 6) is -2.24. The molecular formula is C23H31ClO9. The third-order valence-electron chi connectivity index (χ3n) is 5.44. The van der Waals surface area contributed by atoms with Crippen LogP contribution < -0.4 is 0 Å². The Labute approximate surface area is 197 Å². The number of aliphatic hydroxyl groups is 2. The van der Waals surface area contributed by atoms with E-state index >= 15 is 0 Å². The molecule has 1 fully saturated rings. The fourth-order valence-electron chi connectivity index (χ4n) is 3.86. The predicted octanol–water partition coefficient (Wildman–Crippen LogP) is 2.38. The minimum Gasteiger partial charge on any atom is -0.481 e. The number of carboxylic acid groups (broad SMARTS) is 1. The van der Waals surface area contributed by atoms with E-state index in [0.29, 0.717) is 17.6 Å². The number of esters is 2. The number of aliphatic carboxylic acids is 1. The van der Waals surface area contributed by atoms with Gasteiger partial charge in [-0.15, -0.1) is 0 Å². The molecular weight excluding hydrogens is 456 g/mol. The van der Waals surface area contributed by atoms with Crippen LogP contribution in [0, 0.1) is 0 Å². The zero-order valence-electron chi connectivity index (χ0n) is 18.9. The summed E-state index contributed by atoms with van der Waals surface area (Å²) in [6.07, 6.45) is -0.540. The Morgan fingerprint density at radius 1 is 1.30 bits per heavy atom. The number of hydrogen-bond acceptors (Lipinski definition) is 8. The van der Waals surface area contributed by atoms with Crippen molar-refractivity contribution in [2.75, 3.05) is 0 Å². The van der Waals surface area contributed by atoms with E-state index < -0.39 is 54.5 Å². The standard InChI is InChI=1S/C23H31ClO9/c1-12(8-21(28)29)7-18(27)23-20-10-15(32-23)9-17(26)16(24)6-4-5-13(2)19(31-14(3)25)11-22(30)33-20/h5-7,15,17-20,23,26-27H,4,8-11H2,1-3H3,(H,28,29). The van der Waals surface area contributed by atoms with E-state index in [4.69, 9.17) is 30.9 Å². The van der Waals surface area contributed by atoms with Gasteiger partial charge in [0.1, 0.15) is 24.4 Å². The molecule has 2 aliphatic heterocycles. The molecule has 2 rings (SSSR count). The Kier molecular flexibility index (Phi) is 10.1. The normalized spacial score (nSPS) is 30.4. The Bertz CT molecular complexity index is 832. The number of allylic oxidation sites excluding steroid dienone is 2. The van der Waals surface area contributed by atoms with Crippen LogP contribution >= 0.6 is 11.6 Å². The van der Waals surface area contributed by atoms with E-state index in [1.54, 1.807) is 26.0 Å². The molecule has 3 N–H and O–H groups in total. The zero-order chi connectivity index (χ0) is 24.7. The van der Waals surface area contributed by atoms with Crippen LogP contribution in [0.3, 0.4) is 0 Å². The first kappa shape index (κ1) is 27.0. The number of aliphatic hydroxyl groups excluding tert-OH is 2. The molecule has 1 saturated heterocycles. The van der Waals surface area contributed by atoms with Gasteiger partial charge >= 0.3 is 17.9 Å². The lowest BCUT2D eigenvalue weighted by atomic mass is 10.0. The van der Waals surface area contributed by atoms with Crippen LogP contribution in [0.4, 0.5) is 0 Å². The van der Waals surface area contributed by atoms with Crippen molar-refractivity contribution in [3.8, 4) is 0 Å². The summed E-state index contributed by atoms with van der Waals surface area (Å²) in [5, 5.41) is 30.3. The Morgan fingerprint density at radius 3 is 2.64 bits per heavy atom. The molecule has 0 aromatic rings. The van der Waals surface area contributed by atoms with Crippen LogP contribution in [-0.2, 0) is 28.6 Å². The molecule has 33 heavy (non-hydrogen) atoms. The van der Waals surface area contributed by atoms with Gasteiger partial charge in [-0.1, -0.05) is 35.4 Å². The fourth-order valence-corrected chi connectivity index (χ4v) is 4.04. The van der Waals surface area contributed by atoms with Gasteiger partial charge in [-0.2, -0.15) is 0 Å². The second-order valence-corrected chi connectivity index (χ2v) is 8.82. The molecule has 0 aromatic heterocycles. The number of carbonyl (C=O) groups is 3. The molecule has 6 unspecified atom stereocenters. The van der Waals surface area contributed by atoms with Crippen LogP contribution in [-0.4, -0.2) is 69.9 Å². The second kappa shape index (κ2) is 12.3. The van der Waals surface area contributed by atoms with Crippen molar-refractivity contribution in [3.63, 3.8) is 0 Å². The average Bonchev–Trinajstić information content (AvgIpc) is 3.07.